The Kier molecular flexibility index (Phi) is 2.79. The highest BCUT2D eigenvalue weighted by Gasteiger charge is 2.51. The first-order valence-corrected chi connectivity index (χ1v) is 9.42. The summed E-state index contributed by atoms with van der Waals surface area (Å²) >= 11 is 0. The predicted molar refractivity (Wildman–Crippen MR) is 113 cm³/mol. The lowest BCUT2D eigenvalue weighted by Gasteiger charge is -2.30. The molecule has 0 N–H and O–H groups in total. The number of hydrogen-bond donors (Lipinski definition) is 0. The first kappa shape index (κ1) is 15.0. The standard InChI is InChI=1S/C26H17B/c1-16-10-12-24-20(14-16)21-15-17(27)11-13-25(21)26(24)22-8-4-2-6-18(22)19-7-3-5-9-23(19)26/h2-15H,1H3. The summed E-state index contributed by atoms with van der Waals surface area (Å²) in [5.41, 5.74) is 12.5. The maximum absolute atomic E-state index is 6.20. The minimum Gasteiger partial charge on any atom is -0.0960 e. The molecule has 124 valence electrons. The molecular formula is C26H17B. The Balaban J connectivity index is 1.86. The molecule has 0 aliphatic heterocycles. The van der Waals surface area contributed by atoms with Gasteiger partial charge in [-0.25, -0.2) is 0 Å². The van der Waals surface area contributed by atoms with E-state index in [1.807, 2.05) is 6.07 Å². The van der Waals surface area contributed by atoms with E-state index >= 15 is 0 Å². The van der Waals surface area contributed by atoms with Gasteiger partial charge in [-0.1, -0.05) is 96.0 Å². The molecule has 1 heteroatoms. The SMILES string of the molecule is [B]c1ccc2c(c1)-c1cc(C)ccc1C21c2ccccc2-c2ccccc21. The van der Waals surface area contributed by atoms with Crippen molar-refractivity contribution >= 4 is 13.3 Å². The van der Waals surface area contributed by atoms with Crippen LogP contribution in [0.4, 0.5) is 0 Å². The maximum atomic E-state index is 6.20. The Morgan fingerprint density at radius 1 is 0.556 bits per heavy atom. The predicted octanol–water partition coefficient (Wildman–Crippen LogP) is 5.13. The lowest BCUT2D eigenvalue weighted by Crippen LogP contribution is -2.26. The van der Waals surface area contributed by atoms with Crippen LogP contribution in [0.15, 0.2) is 84.9 Å². The van der Waals surface area contributed by atoms with Crippen LogP contribution >= 0.6 is 0 Å². The monoisotopic (exact) mass is 340 g/mol. The van der Waals surface area contributed by atoms with Gasteiger partial charge in [0, 0.05) is 0 Å². The van der Waals surface area contributed by atoms with E-state index in [1.54, 1.807) is 0 Å². The van der Waals surface area contributed by atoms with Gasteiger partial charge in [-0.3, -0.25) is 0 Å². The van der Waals surface area contributed by atoms with Crippen molar-refractivity contribution in [1.29, 1.82) is 0 Å². The van der Waals surface area contributed by atoms with E-state index in [2.05, 4.69) is 85.8 Å². The quantitative estimate of drug-likeness (QED) is 0.336. The van der Waals surface area contributed by atoms with Crippen LogP contribution in [0.5, 0.6) is 0 Å². The summed E-state index contributed by atoms with van der Waals surface area (Å²) < 4.78 is 0. The molecule has 2 radical (unpaired) electrons. The molecule has 0 aromatic heterocycles. The molecule has 0 saturated heterocycles. The first-order valence-electron chi connectivity index (χ1n) is 9.42. The number of hydrogen-bond acceptors (Lipinski definition) is 0. The second-order valence-corrected chi connectivity index (χ2v) is 7.70. The van der Waals surface area contributed by atoms with Crippen LogP contribution in [0, 0.1) is 6.92 Å². The summed E-state index contributed by atoms with van der Waals surface area (Å²) in [6, 6.07) is 31.0. The minimum absolute atomic E-state index is 0.251. The summed E-state index contributed by atoms with van der Waals surface area (Å²) in [6.07, 6.45) is 0. The number of rotatable bonds is 0. The fourth-order valence-corrected chi connectivity index (χ4v) is 5.28. The third kappa shape index (κ3) is 1.70. The zero-order valence-electron chi connectivity index (χ0n) is 15.2. The van der Waals surface area contributed by atoms with Crippen molar-refractivity contribution in [2.45, 2.75) is 12.3 Å². The van der Waals surface area contributed by atoms with Crippen molar-refractivity contribution < 1.29 is 0 Å². The van der Waals surface area contributed by atoms with Crippen LogP contribution in [-0.4, -0.2) is 7.85 Å². The van der Waals surface area contributed by atoms with E-state index in [4.69, 9.17) is 7.85 Å². The normalized spacial score (nSPS) is 14.6. The molecule has 0 heterocycles. The topological polar surface area (TPSA) is 0 Å². The Morgan fingerprint density at radius 2 is 1.07 bits per heavy atom. The third-order valence-electron chi connectivity index (χ3n) is 6.27. The zero-order chi connectivity index (χ0) is 18.2. The summed E-state index contributed by atoms with van der Waals surface area (Å²) in [5, 5.41) is 0. The fraction of sp³-hybridized carbons (Fsp3) is 0.0769. The van der Waals surface area contributed by atoms with E-state index in [9.17, 15) is 0 Å². The van der Waals surface area contributed by atoms with Gasteiger partial charge in [-0.05, 0) is 51.4 Å². The molecule has 4 aromatic carbocycles. The molecule has 0 atom stereocenters. The molecule has 0 nitrogen and oxygen atoms in total. The molecule has 2 aliphatic carbocycles. The molecule has 0 fully saturated rings. The van der Waals surface area contributed by atoms with Gasteiger partial charge in [0.15, 0.2) is 0 Å². The lowest BCUT2D eigenvalue weighted by atomic mass is 9.70. The summed E-state index contributed by atoms with van der Waals surface area (Å²) in [4.78, 5) is 0. The van der Waals surface area contributed by atoms with Crippen LogP contribution in [-0.2, 0) is 5.41 Å². The molecule has 1 spiro atoms. The van der Waals surface area contributed by atoms with Crippen molar-refractivity contribution in [3.05, 3.63) is 113 Å². The van der Waals surface area contributed by atoms with Crippen LogP contribution in [0.3, 0.4) is 0 Å². The molecule has 0 saturated carbocycles. The number of fused-ring (bicyclic) bond motifs is 10. The van der Waals surface area contributed by atoms with Crippen molar-refractivity contribution in [2.75, 3.05) is 0 Å². The average Bonchev–Trinajstić information content (AvgIpc) is 3.14. The highest BCUT2D eigenvalue weighted by Crippen LogP contribution is 2.62. The second-order valence-electron chi connectivity index (χ2n) is 7.70. The van der Waals surface area contributed by atoms with Gasteiger partial charge < -0.3 is 0 Å². The fourth-order valence-electron chi connectivity index (χ4n) is 5.28. The van der Waals surface area contributed by atoms with E-state index in [0.717, 1.165) is 5.46 Å². The largest absolute Gasteiger partial charge is 0.113 e. The van der Waals surface area contributed by atoms with Gasteiger partial charge in [0.2, 0.25) is 0 Å². The van der Waals surface area contributed by atoms with Gasteiger partial charge in [0.25, 0.3) is 0 Å². The number of benzene rings is 4. The second kappa shape index (κ2) is 5.01. The molecule has 0 amide bonds. The van der Waals surface area contributed by atoms with Crippen LogP contribution in [0.1, 0.15) is 27.8 Å². The summed E-state index contributed by atoms with van der Waals surface area (Å²) in [6.45, 7) is 2.16. The molecule has 4 aromatic rings. The maximum Gasteiger partial charge on any atom is 0.113 e. The Labute approximate surface area is 160 Å². The third-order valence-corrected chi connectivity index (χ3v) is 6.27. The lowest BCUT2D eigenvalue weighted by molar-refractivity contribution is 0.793. The smallest absolute Gasteiger partial charge is 0.0960 e. The molecule has 6 rings (SSSR count). The molecule has 0 unspecified atom stereocenters. The Bertz CT molecular complexity index is 1150. The van der Waals surface area contributed by atoms with Crippen LogP contribution in [0.25, 0.3) is 22.3 Å². The summed E-state index contributed by atoms with van der Waals surface area (Å²) in [7, 11) is 6.20. The highest BCUT2D eigenvalue weighted by molar-refractivity contribution is 6.32. The van der Waals surface area contributed by atoms with Crippen molar-refractivity contribution in [1.82, 2.24) is 0 Å². The van der Waals surface area contributed by atoms with Gasteiger partial charge in [0.05, 0.1) is 5.41 Å². The number of aryl methyl sites for hydroxylation is 1. The summed E-state index contributed by atoms with van der Waals surface area (Å²) in [5.74, 6) is 0. The van der Waals surface area contributed by atoms with E-state index < -0.39 is 0 Å². The van der Waals surface area contributed by atoms with Crippen LogP contribution in [0.2, 0.25) is 0 Å². The van der Waals surface area contributed by atoms with E-state index in [1.165, 1.54) is 50.1 Å². The van der Waals surface area contributed by atoms with Gasteiger partial charge in [-0.15, -0.1) is 0 Å². The zero-order valence-corrected chi connectivity index (χ0v) is 15.2. The minimum atomic E-state index is -0.251. The van der Waals surface area contributed by atoms with Crippen molar-refractivity contribution in [3.63, 3.8) is 0 Å². The molecule has 0 bridgehead atoms. The van der Waals surface area contributed by atoms with Gasteiger partial charge in [-0.2, -0.15) is 0 Å². The average molecular weight is 340 g/mol. The van der Waals surface area contributed by atoms with Gasteiger partial charge >= 0.3 is 0 Å². The Hall–Kier alpha value is -3.06. The van der Waals surface area contributed by atoms with Crippen molar-refractivity contribution in [2.24, 2.45) is 0 Å². The van der Waals surface area contributed by atoms with Gasteiger partial charge in [0.1, 0.15) is 7.85 Å². The highest BCUT2D eigenvalue weighted by atomic mass is 14.5. The Morgan fingerprint density at radius 3 is 1.74 bits per heavy atom. The van der Waals surface area contributed by atoms with E-state index in [-0.39, 0.29) is 5.41 Å². The first-order chi connectivity index (χ1) is 13.2. The molecule has 2 aliphatic rings. The van der Waals surface area contributed by atoms with Crippen molar-refractivity contribution in [3.8, 4) is 22.3 Å². The molecule has 27 heavy (non-hydrogen) atoms. The van der Waals surface area contributed by atoms with E-state index in [0.29, 0.717) is 0 Å². The van der Waals surface area contributed by atoms with Crippen LogP contribution < -0.4 is 5.46 Å². The molecular weight excluding hydrogens is 323 g/mol.